The van der Waals surface area contributed by atoms with Gasteiger partial charge in [-0.3, -0.25) is 14.4 Å². The lowest BCUT2D eigenvalue weighted by Gasteiger charge is -2.24. The SMILES string of the molecule is CCc1c2c(nc3ccc(OC(=O)OC(C)(C)C)cc13)-c1cc3c(c(=O)n1C2)COC(=O)C3CC.COC(=O)CNC(C)C. The van der Waals surface area contributed by atoms with Gasteiger partial charge in [0.05, 0.1) is 48.6 Å². The van der Waals surface area contributed by atoms with Crippen molar-refractivity contribution >= 4 is 29.0 Å². The fraction of sp³-hybridized carbons (Fsp3) is 0.485. The van der Waals surface area contributed by atoms with Gasteiger partial charge in [0.2, 0.25) is 0 Å². The molecule has 5 rings (SSSR count). The average molecular weight is 608 g/mol. The molecule has 0 radical (unpaired) electrons. The third-order valence-electron chi connectivity index (χ3n) is 7.42. The summed E-state index contributed by atoms with van der Waals surface area (Å²) >= 11 is 0. The zero-order valence-corrected chi connectivity index (χ0v) is 26.7. The number of carbonyl (C=O) groups excluding carboxylic acids is 3. The highest BCUT2D eigenvalue weighted by Gasteiger charge is 2.34. The maximum atomic E-state index is 13.4. The molecule has 0 spiro atoms. The van der Waals surface area contributed by atoms with E-state index in [1.165, 1.54) is 7.11 Å². The topological polar surface area (TPSA) is 135 Å². The molecule has 2 aliphatic rings. The van der Waals surface area contributed by atoms with Gasteiger partial charge in [-0.05, 0) is 69.0 Å². The van der Waals surface area contributed by atoms with E-state index in [0.29, 0.717) is 43.3 Å². The number of hydrogen-bond acceptors (Lipinski definition) is 10. The van der Waals surface area contributed by atoms with E-state index >= 15 is 0 Å². The van der Waals surface area contributed by atoms with E-state index in [-0.39, 0.29) is 24.1 Å². The third-order valence-corrected chi connectivity index (χ3v) is 7.42. The Bertz CT molecular complexity index is 1650. The van der Waals surface area contributed by atoms with Crippen LogP contribution in [0.2, 0.25) is 0 Å². The highest BCUT2D eigenvalue weighted by Crippen LogP contribution is 2.39. The predicted molar refractivity (Wildman–Crippen MR) is 165 cm³/mol. The van der Waals surface area contributed by atoms with Crippen LogP contribution < -0.4 is 15.6 Å². The van der Waals surface area contributed by atoms with Gasteiger partial charge < -0.3 is 28.8 Å². The molecule has 0 amide bonds. The van der Waals surface area contributed by atoms with Gasteiger partial charge in [-0.25, -0.2) is 9.78 Å². The Balaban J connectivity index is 0.000000429. The van der Waals surface area contributed by atoms with Crippen LogP contribution in [-0.2, 0) is 43.4 Å². The van der Waals surface area contributed by atoms with Crippen LogP contribution in [-0.4, -0.2) is 52.9 Å². The first-order valence-electron chi connectivity index (χ1n) is 14.9. The molecule has 1 aromatic carbocycles. The number of methoxy groups -OCH3 is 1. The molecular weight excluding hydrogens is 566 g/mol. The van der Waals surface area contributed by atoms with Gasteiger partial charge in [0.15, 0.2) is 0 Å². The molecule has 0 aliphatic carbocycles. The van der Waals surface area contributed by atoms with Crippen LogP contribution in [0.25, 0.3) is 22.3 Å². The highest BCUT2D eigenvalue weighted by atomic mass is 16.7. The fourth-order valence-corrected chi connectivity index (χ4v) is 5.36. The number of nitrogens with one attached hydrogen (secondary N) is 1. The van der Waals surface area contributed by atoms with E-state index < -0.39 is 17.7 Å². The van der Waals surface area contributed by atoms with E-state index in [1.54, 1.807) is 43.5 Å². The number of hydrogen-bond donors (Lipinski definition) is 1. The maximum Gasteiger partial charge on any atom is 0.514 e. The summed E-state index contributed by atoms with van der Waals surface area (Å²) in [4.78, 5) is 53.2. The summed E-state index contributed by atoms with van der Waals surface area (Å²) in [5.74, 6) is -0.586. The predicted octanol–water partition coefficient (Wildman–Crippen LogP) is 5.01. The summed E-state index contributed by atoms with van der Waals surface area (Å²) in [5, 5.41) is 3.79. The fourth-order valence-electron chi connectivity index (χ4n) is 5.36. The summed E-state index contributed by atoms with van der Waals surface area (Å²) < 4.78 is 22.1. The minimum absolute atomic E-state index is 0.00152. The van der Waals surface area contributed by atoms with E-state index in [4.69, 9.17) is 19.2 Å². The van der Waals surface area contributed by atoms with Crippen molar-refractivity contribution in [1.29, 1.82) is 0 Å². The molecule has 2 aliphatic heterocycles. The van der Waals surface area contributed by atoms with Crippen molar-refractivity contribution in [3.05, 3.63) is 56.9 Å². The summed E-state index contributed by atoms with van der Waals surface area (Å²) in [6.07, 6.45) is 0.502. The summed E-state index contributed by atoms with van der Waals surface area (Å²) in [6, 6.07) is 7.56. The zero-order chi connectivity index (χ0) is 32.3. The molecule has 3 aromatic rings. The van der Waals surface area contributed by atoms with E-state index in [0.717, 1.165) is 39.0 Å². The number of rotatable bonds is 6. The van der Waals surface area contributed by atoms with Gasteiger partial charge in [-0.1, -0.05) is 27.7 Å². The van der Waals surface area contributed by atoms with Crippen molar-refractivity contribution in [3.63, 3.8) is 0 Å². The van der Waals surface area contributed by atoms with Crippen LogP contribution in [0.3, 0.4) is 0 Å². The normalized spacial score (nSPS) is 15.0. The third kappa shape index (κ3) is 6.93. The molecule has 2 aromatic heterocycles. The lowest BCUT2D eigenvalue weighted by atomic mass is 9.90. The molecule has 44 heavy (non-hydrogen) atoms. The first kappa shape index (κ1) is 32.7. The van der Waals surface area contributed by atoms with Crippen molar-refractivity contribution in [2.24, 2.45) is 0 Å². The van der Waals surface area contributed by atoms with Crippen LogP contribution >= 0.6 is 0 Å². The Kier molecular flexibility index (Phi) is 9.78. The van der Waals surface area contributed by atoms with Crippen molar-refractivity contribution in [2.45, 2.75) is 92.0 Å². The van der Waals surface area contributed by atoms with Gasteiger partial charge in [0, 0.05) is 17.0 Å². The van der Waals surface area contributed by atoms with Gasteiger partial charge in [-0.2, -0.15) is 0 Å². The van der Waals surface area contributed by atoms with E-state index in [9.17, 15) is 19.2 Å². The number of benzene rings is 1. The quantitative estimate of drug-likeness (QED) is 0.181. The van der Waals surface area contributed by atoms with Crippen LogP contribution in [0.5, 0.6) is 5.75 Å². The van der Waals surface area contributed by atoms with Crippen LogP contribution in [0.4, 0.5) is 4.79 Å². The number of esters is 2. The molecular formula is C33H41N3O8. The largest absolute Gasteiger partial charge is 0.514 e. The molecule has 236 valence electrons. The number of ether oxygens (including phenoxy) is 4. The first-order valence-corrected chi connectivity index (χ1v) is 14.9. The van der Waals surface area contributed by atoms with Gasteiger partial charge in [0.25, 0.3) is 5.56 Å². The summed E-state index contributed by atoms with van der Waals surface area (Å²) in [6.45, 7) is 13.9. The van der Waals surface area contributed by atoms with E-state index in [1.807, 2.05) is 33.8 Å². The Hall–Kier alpha value is -4.25. The van der Waals surface area contributed by atoms with Crippen LogP contribution in [0, 0.1) is 0 Å². The Morgan fingerprint density at radius 3 is 2.48 bits per heavy atom. The first-order chi connectivity index (χ1) is 20.8. The second-order valence-electron chi connectivity index (χ2n) is 12.1. The maximum absolute atomic E-state index is 13.4. The van der Waals surface area contributed by atoms with E-state index in [2.05, 4.69) is 10.1 Å². The minimum Gasteiger partial charge on any atom is -0.468 e. The lowest BCUT2D eigenvalue weighted by molar-refractivity contribution is -0.148. The Labute approximate surface area is 256 Å². The average Bonchev–Trinajstić information content (AvgIpc) is 3.32. The molecule has 11 heteroatoms. The van der Waals surface area contributed by atoms with Crippen molar-refractivity contribution in [2.75, 3.05) is 13.7 Å². The molecule has 1 N–H and O–H groups in total. The van der Waals surface area contributed by atoms with Crippen molar-refractivity contribution in [1.82, 2.24) is 14.9 Å². The minimum atomic E-state index is -0.768. The summed E-state index contributed by atoms with van der Waals surface area (Å²) in [7, 11) is 1.38. The van der Waals surface area contributed by atoms with Crippen molar-refractivity contribution < 1.29 is 33.3 Å². The molecule has 11 nitrogen and oxygen atoms in total. The van der Waals surface area contributed by atoms with Crippen LogP contribution in [0.1, 0.15) is 83.1 Å². The number of carbonyl (C=O) groups is 3. The smallest absolute Gasteiger partial charge is 0.468 e. The molecule has 0 bridgehead atoms. The number of cyclic esters (lactones) is 1. The van der Waals surface area contributed by atoms with Crippen LogP contribution in [0.15, 0.2) is 29.1 Å². The Morgan fingerprint density at radius 2 is 1.86 bits per heavy atom. The molecule has 4 heterocycles. The number of aromatic nitrogens is 2. The highest BCUT2D eigenvalue weighted by molar-refractivity contribution is 5.90. The second kappa shape index (κ2) is 13.2. The van der Waals surface area contributed by atoms with Crippen molar-refractivity contribution in [3.8, 4) is 17.1 Å². The number of aryl methyl sites for hydroxylation is 1. The van der Waals surface area contributed by atoms with Gasteiger partial charge >= 0.3 is 18.1 Å². The van der Waals surface area contributed by atoms with Gasteiger partial charge in [-0.15, -0.1) is 0 Å². The number of fused-ring (bicyclic) bond motifs is 5. The molecule has 1 unspecified atom stereocenters. The lowest BCUT2D eigenvalue weighted by Crippen LogP contribution is -2.32. The van der Waals surface area contributed by atoms with Gasteiger partial charge in [0.1, 0.15) is 18.0 Å². The Morgan fingerprint density at radius 1 is 1.14 bits per heavy atom. The molecule has 0 saturated heterocycles. The molecule has 0 fully saturated rings. The molecule has 1 atom stereocenters. The second-order valence-corrected chi connectivity index (χ2v) is 12.1. The standard InChI is InChI=1S/C27H28N2O6.C6H13NO2/c1-6-15-18-10-14(34-26(32)35-27(3,4)5)8-9-21(18)28-23-19(15)12-29-22(23)11-17-16(7-2)25(31)33-13-20(17)24(29)30;1-5(2)7-4-6(8)9-3/h8-11,16H,6-7,12-13H2,1-5H3;5,7H,4H2,1-3H3. The molecule has 0 saturated carbocycles. The number of pyridine rings is 2. The monoisotopic (exact) mass is 607 g/mol. The summed E-state index contributed by atoms with van der Waals surface area (Å²) in [5.41, 5.74) is 4.72. The zero-order valence-electron chi connectivity index (χ0n) is 26.7. The number of nitrogens with zero attached hydrogens (tertiary/aromatic N) is 2.